The predicted octanol–water partition coefficient (Wildman–Crippen LogP) is 10.5. The van der Waals surface area contributed by atoms with Gasteiger partial charge in [0.1, 0.15) is 11.4 Å². The minimum Gasteiger partial charge on any atom is -0.487 e. The van der Waals surface area contributed by atoms with Crippen molar-refractivity contribution in [2.75, 3.05) is 0 Å². The molecule has 3 atom stereocenters. The van der Waals surface area contributed by atoms with E-state index in [1.165, 1.54) is 118 Å². The lowest BCUT2D eigenvalue weighted by molar-refractivity contribution is 0.0513. The second-order valence-electron chi connectivity index (χ2n) is 12.7. The van der Waals surface area contributed by atoms with Gasteiger partial charge in [0.25, 0.3) is 0 Å². The molecule has 34 heavy (non-hydrogen) atoms. The van der Waals surface area contributed by atoms with Crippen LogP contribution in [0.5, 0.6) is 5.75 Å². The Morgan fingerprint density at radius 1 is 0.765 bits per heavy atom. The predicted molar refractivity (Wildman–Crippen MR) is 151 cm³/mol. The highest BCUT2D eigenvalue weighted by atomic mass is 16.5. The van der Waals surface area contributed by atoms with E-state index < -0.39 is 0 Å². The van der Waals surface area contributed by atoms with Crippen LogP contribution in [0.1, 0.15) is 146 Å². The summed E-state index contributed by atoms with van der Waals surface area (Å²) < 4.78 is 6.82. The monoisotopic (exact) mass is 470 g/mol. The van der Waals surface area contributed by atoms with Gasteiger partial charge in [-0.2, -0.15) is 0 Å². The average molecular weight is 471 g/mol. The van der Waals surface area contributed by atoms with Gasteiger partial charge in [-0.25, -0.2) is 0 Å². The third kappa shape index (κ3) is 8.60. The molecule has 1 heteroatoms. The van der Waals surface area contributed by atoms with Crippen LogP contribution in [0.3, 0.4) is 0 Å². The lowest BCUT2D eigenvalue weighted by Gasteiger charge is -2.39. The van der Waals surface area contributed by atoms with Crippen LogP contribution < -0.4 is 4.74 Å². The van der Waals surface area contributed by atoms with Gasteiger partial charge < -0.3 is 4.74 Å². The molecule has 0 fully saturated rings. The van der Waals surface area contributed by atoms with Gasteiger partial charge in [0.15, 0.2) is 0 Å². The molecule has 0 N–H and O–H groups in total. The molecule has 0 radical (unpaired) electrons. The van der Waals surface area contributed by atoms with Crippen LogP contribution in [0.25, 0.3) is 0 Å². The Hall–Kier alpha value is -0.980. The van der Waals surface area contributed by atoms with Gasteiger partial charge in [0.2, 0.25) is 0 Å². The Morgan fingerprint density at radius 2 is 1.35 bits per heavy atom. The first-order valence-corrected chi connectivity index (χ1v) is 14.9. The summed E-state index contributed by atoms with van der Waals surface area (Å²) in [6.07, 6.45) is 18.4. The zero-order chi connectivity index (χ0) is 25.3. The van der Waals surface area contributed by atoms with E-state index in [0.29, 0.717) is 0 Å². The van der Waals surface area contributed by atoms with Crippen molar-refractivity contribution in [2.45, 2.75) is 158 Å². The second kappa shape index (κ2) is 13.9. The molecule has 0 bridgehead atoms. The quantitative estimate of drug-likeness (QED) is 0.248. The van der Waals surface area contributed by atoms with E-state index in [0.717, 1.165) is 17.8 Å². The zero-order valence-electron chi connectivity index (χ0n) is 24.5. The van der Waals surface area contributed by atoms with Crippen molar-refractivity contribution >= 4 is 0 Å². The van der Waals surface area contributed by atoms with Crippen LogP contribution in [-0.2, 0) is 12.8 Å². The smallest absolute Gasteiger partial charge is 0.126 e. The molecule has 0 saturated heterocycles. The summed E-state index contributed by atoms with van der Waals surface area (Å²) in [4.78, 5) is 0. The highest BCUT2D eigenvalue weighted by Gasteiger charge is 2.34. The highest BCUT2D eigenvalue weighted by Crippen LogP contribution is 2.43. The van der Waals surface area contributed by atoms with Gasteiger partial charge in [-0.15, -0.1) is 0 Å². The van der Waals surface area contributed by atoms with Crippen molar-refractivity contribution in [2.24, 2.45) is 17.8 Å². The van der Waals surface area contributed by atoms with Crippen molar-refractivity contribution in [1.82, 2.24) is 0 Å². The summed E-state index contributed by atoms with van der Waals surface area (Å²) in [7, 11) is 0. The summed E-state index contributed by atoms with van der Waals surface area (Å²) in [6, 6.07) is 0. The summed E-state index contributed by atoms with van der Waals surface area (Å²) in [5.41, 5.74) is 7.48. The number of unbranched alkanes of at least 4 members (excludes halogenated alkanes) is 1. The first-order valence-electron chi connectivity index (χ1n) is 14.9. The molecule has 1 aliphatic heterocycles. The normalized spacial score (nSPS) is 19.7. The summed E-state index contributed by atoms with van der Waals surface area (Å²) in [5.74, 6) is 3.83. The number of fused-ring (bicyclic) bond motifs is 1. The number of benzene rings is 1. The van der Waals surface area contributed by atoms with Gasteiger partial charge in [-0.1, -0.05) is 86.0 Å². The van der Waals surface area contributed by atoms with Crippen molar-refractivity contribution < 1.29 is 4.74 Å². The third-order valence-corrected chi connectivity index (χ3v) is 8.84. The maximum Gasteiger partial charge on any atom is 0.126 e. The van der Waals surface area contributed by atoms with Crippen LogP contribution in [0.15, 0.2) is 0 Å². The van der Waals surface area contributed by atoms with E-state index in [-0.39, 0.29) is 5.60 Å². The van der Waals surface area contributed by atoms with Crippen LogP contribution in [-0.4, -0.2) is 5.60 Å². The van der Waals surface area contributed by atoms with Gasteiger partial charge in [0, 0.05) is 0 Å². The number of rotatable bonds is 15. The maximum atomic E-state index is 6.82. The minimum atomic E-state index is 0.00617. The largest absolute Gasteiger partial charge is 0.487 e. The van der Waals surface area contributed by atoms with Crippen LogP contribution in [0.4, 0.5) is 0 Å². The Bertz CT molecular complexity index is 746. The second-order valence-corrected chi connectivity index (χ2v) is 12.7. The zero-order valence-corrected chi connectivity index (χ0v) is 24.5. The van der Waals surface area contributed by atoms with E-state index >= 15 is 0 Å². The Labute approximate surface area is 213 Å². The van der Waals surface area contributed by atoms with Crippen molar-refractivity contribution in [3.05, 3.63) is 27.8 Å². The molecule has 196 valence electrons. The molecule has 0 aliphatic carbocycles. The minimum absolute atomic E-state index is 0.00617. The molecule has 1 aromatic carbocycles. The molecular weight excluding hydrogens is 412 g/mol. The molecule has 1 aromatic rings. The third-order valence-electron chi connectivity index (χ3n) is 8.84. The van der Waals surface area contributed by atoms with Gasteiger partial charge in [0.05, 0.1) is 0 Å². The lowest BCUT2D eigenvalue weighted by atomic mass is 9.82. The molecular formula is C33H58O. The fourth-order valence-electron chi connectivity index (χ4n) is 6.09. The van der Waals surface area contributed by atoms with Crippen molar-refractivity contribution in [1.29, 1.82) is 0 Å². The van der Waals surface area contributed by atoms with Crippen molar-refractivity contribution in [3.63, 3.8) is 0 Å². The fourth-order valence-corrected chi connectivity index (χ4v) is 6.09. The molecule has 0 saturated carbocycles. The molecule has 0 aromatic heterocycles. The van der Waals surface area contributed by atoms with E-state index in [1.807, 2.05) is 0 Å². The first kappa shape index (κ1) is 29.3. The molecule has 1 nitrogen and oxygen atoms in total. The van der Waals surface area contributed by atoms with Crippen LogP contribution >= 0.6 is 0 Å². The van der Waals surface area contributed by atoms with Gasteiger partial charge in [-0.05, 0) is 112 Å². The van der Waals surface area contributed by atoms with Crippen molar-refractivity contribution in [3.8, 4) is 5.75 Å². The van der Waals surface area contributed by atoms with E-state index in [4.69, 9.17) is 4.74 Å². The fraction of sp³-hybridized carbons (Fsp3) is 0.818. The summed E-state index contributed by atoms with van der Waals surface area (Å²) in [6.45, 7) is 21.2. The first-order chi connectivity index (χ1) is 16.1. The SMILES string of the molecule is CCCCc1c(C)c(C)c2c(c1C)CC[C@@](C)(CCC[C@H](C)CCC[C@H](C)CCCC(C)C)O2. The summed E-state index contributed by atoms with van der Waals surface area (Å²) in [5, 5.41) is 0. The average Bonchev–Trinajstić information content (AvgIpc) is 2.77. The molecule has 0 amide bonds. The van der Waals surface area contributed by atoms with E-state index in [9.17, 15) is 0 Å². The maximum absolute atomic E-state index is 6.82. The topological polar surface area (TPSA) is 9.23 Å². The Kier molecular flexibility index (Phi) is 12.0. The Morgan fingerprint density at radius 3 is 1.94 bits per heavy atom. The Balaban J connectivity index is 1.80. The van der Waals surface area contributed by atoms with E-state index in [2.05, 4.69) is 62.3 Å². The summed E-state index contributed by atoms with van der Waals surface area (Å²) >= 11 is 0. The molecule has 0 spiro atoms. The number of hydrogen-bond donors (Lipinski definition) is 0. The van der Waals surface area contributed by atoms with Crippen LogP contribution in [0.2, 0.25) is 0 Å². The number of hydrogen-bond acceptors (Lipinski definition) is 1. The van der Waals surface area contributed by atoms with E-state index in [1.54, 1.807) is 5.56 Å². The molecule has 0 unspecified atom stereocenters. The number of ether oxygens (including phenoxy) is 1. The van der Waals surface area contributed by atoms with Gasteiger partial charge >= 0.3 is 0 Å². The molecule has 2 rings (SSSR count). The highest BCUT2D eigenvalue weighted by molar-refractivity contribution is 5.55. The standard InChI is InChI=1S/C33H58O/c1-10-11-20-30-27(6)28(7)32-31(29(30)8)21-23-33(9,34-32)22-14-19-26(5)18-13-17-25(4)16-12-15-24(2)3/h24-26H,10-23H2,1-9H3/t25-,26-,33-/m1/s1. The molecule has 1 aliphatic rings. The molecule has 1 heterocycles. The lowest BCUT2D eigenvalue weighted by Crippen LogP contribution is -2.37. The van der Waals surface area contributed by atoms with Crippen LogP contribution in [0, 0.1) is 38.5 Å². The van der Waals surface area contributed by atoms with Gasteiger partial charge in [-0.3, -0.25) is 0 Å².